The Morgan fingerprint density at radius 3 is 2.11 bits per heavy atom. The summed E-state index contributed by atoms with van der Waals surface area (Å²) in [6.07, 6.45) is 5.15. The van der Waals surface area contributed by atoms with E-state index in [1.165, 1.54) is 36.9 Å². The minimum Gasteiger partial charge on any atom is -0.380 e. The van der Waals surface area contributed by atoms with E-state index in [0.29, 0.717) is 11.5 Å². The second-order valence-electron chi connectivity index (χ2n) is 6.19. The van der Waals surface area contributed by atoms with Crippen molar-refractivity contribution in [3.05, 3.63) is 26.6 Å². The highest BCUT2D eigenvalue weighted by Crippen LogP contribution is 2.38. The molecule has 0 aliphatic heterocycles. The summed E-state index contributed by atoms with van der Waals surface area (Å²) < 4.78 is 2.30. The summed E-state index contributed by atoms with van der Waals surface area (Å²) in [6.45, 7) is 6.87. The van der Waals surface area contributed by atoms with E-state index < -0.39 is 0 Å². The standard InChI is InChI=1S/C15H21Br2N/c1-10-8-12(16)14(13(17)9-10)18-11-4-6-15(2,3)7-5-11/h8-9,11,18H,4-7H2,1-3H3. The lowest BCUT2D eigenvalue weighted by Gasteiger charge is -2.35. The number of nitrogens with one attached hydrogen (secondary N) is 1. The minimum atomic E-state index is 0.528. The van der Waals surface area contributed by atoms with Gasteiger partial charge in [0.05, 0.1) is 5.69 Å². The van der Waals surface area contributed by atoms with Crippen LogP contribution < -0.4 is 5.32 Å². The van der Waals surface area contributed by atoms with Crippen LogP contribution in [-0.2, 0) is 0 Å². The molecule has 0 atom stereocenters. The zero-order chi connectivity index (χ0) is 13.3. The molecule has 1 fully saturated rings. The summed E-state index contributed by atoms with van der Waals surface area (Å²) in [6, 6.07) is 4.94. The Morgan fingerprint density at radius 2 is 1.61 bits per heavy atom. The van der Waals surface area contributed by atoms with Crippen LogP contribution >= 0.6 is 31.9 Å². The summed E-state index contributed by atoms with van der Waals surface area (Å²) in [5.74, 6) is 0. The van der Waals surface area contributed by atoms with Crippen molar-refractivity contribution in [3.8, 4) is 0 Å². The Balaban J connectivity index is 2.07. The second kappa shape index (κ2) is 5.54. The first-order chi connectivity index (χ1) is 8.37. The molecule has 0 radical (unpaired) electrons. The number of aryl methyl sites for hydroxylation is 1. The van der Waals surface area contributed by atoms with Crippen LogP contribution in [-0.4, -0.2) is 6.04 Å². The van der Waals surface area contributed by atoms with Gasteiger partial charge in [0.15, 0.2) is 0 Å². The Labute approximate surface area is 127 Å². The third-order valence-corrected chi connectivity index (χ3v) is 5.12. The number of hydrogen-bond donors (Lipinski definition) is 1. The van der Waals surface area contributed by atoms with Crippen LogP contribution in [0.15, 0.2) is 21.1 Å². The SMILES string of the molecule is Cc1cc(Br)c(NC2CCC(C)(C)CC2)c(Br)c1. The van der Waals surface area contributed by atoms with Crippen molar-refractivity contribution in [2.24, 2.45) is 5.41 Å². The molecule has 18 heavy (non-hydrogen) atoms. The van der Waals surface area contributed by atoms with Crippen LogP contribution in [0.1, 0.15) is 45.1 Å². The van der Waals surface area contributed by atoms with Gasteiger partial charge in [-0.3, -0.25) is 0 Å². The average molecular weight is 375 g/mol. The fourth-order valence-electron chi connectivity index (χ4n) is 2.59. The van der Waals surface area contributed by atoms with E-state index in [1.807, 2.05) is 0 Å². The Kier molecular flexibility index (Phi) is 4.43. The Morgan fingerprint density at radius 1 is 1.11 bits per heavy atom. The fourth-order valence-corrected chi connectivity index (χ4v) is 4.23. The van der Waals surface area contributed by atoms with E-state index in [4.69, 9.17) is 0 Å². The highest BCUT2D eigenvalue weighted by atomic mass is 79.9. The third-order valence-electron chi connectivity index (χ3n) is 3.87. The van der Waals surface area contributed by atoms with Gasteiger partial charge in [0.25, 0.3) is 0 Å². The van der Waals surface area contributed by atoms with E-state index in [1.54, 1.807) is 0 Å². The molecule has 1 aromatic carbocycles. The number of halogens is 2. The molecule has 0 heterocycles. The zero-order valence-electron chi connectivity index (χ0n) is 11.3. The van der Waals surface area contributed by atoms with Gasteiger partial charge in [0.1, 0.15) is 0 Å². The van der Waals surface area contributed by atoms with Crippen LogP contribution in [0.5, 0.6) is 0 Å². The summed E-state index contributed by atoms with van der Waals surface area (Å²) in [4.78, 5) is 0. The molecule has 1 saturated carbocycles. The molecule has 100 valence electrons. The highest BCUT2D eigenvalue weighted by molar-refractivity contribution is 9.11. The molecule has 0 unspecified atom stereocenters. The Hall–Kier alpha value is -0.0200. The van der Waals surface area contributed by atoms with Gasteiger partial charge in [-0.05, 0) is 87.6 Å². The molecule has 0 bridgehead atoms. The largest absolute Gasteiger partial charge is 0.380 e. The third kappa shape index (κ3) is 3.51. The van der Waals surface area contributed by atoms with Crippen molar-refractivity contribution in [2.45, 2.75) is 52.5 Å². The normalized spacial score (nSPS) is 19.8. The molecule has 3 heteroatoms. The van der Waals surface area contributed by atoms with E-state index in [0.717, 1.165) is 8.95 Å². The predicted octanol–water partition coefficient (Wildman–Crippen LogP) is 5.90. The molecule has 0 amide bonds. The van der Waals surface area contributed by atoms with Crippen molar-refractivity contribution in [1.29, 1.82) is 0 Å². The zero-order valence-corrected chi connectivity index (χ0v) is 14.5. The van der Waals surface area contributed by atoms with Gasteiger partial charge in [-0.1, -0.05) is 13.8 Å². The monoisotopic (exact) mass is 373 g/mol. The van der Waals surface area contributed by atoms with Gasteiger partial charge in [-0.2, -0.15) is 0 Å². The minimum absolute atomic E-state index is 0.528. The van der Waals surface area contributed by atoms with Gasteiger partial charge in [0.2, 0.25) is 0 Å². The number of hydrogen-bond acceptors (Lipinski definition) is 1. The lowest BCUT2D eigenvalue weighted by molar-refractivity contribution is 0.232. The summed E-state index contributed by atoms with van der Waals surface area (Å²) in [7, 11) is 0. The predicted molar refractivity (Wildman–Crippen MR) is 86.2 cm³/mol. The maximum Gasteiger partial charge on any atom is 0.0631 e. The second-order valence-corrected chi connectivity index (χ2v) is 7.90. The molecule has 1 N–H and O–H groups in total. The first kappa shape index (κ1) is 14.4. The van der Waals surface area contributed by atoms with Crippen molar-refractivity contribution in [3.63, 3.8) is 0 Å². The summed E-state index contributed by atoms with van der Waals surface area (Å²) in [5, 5.41) is 3.69. The fraction of sp³-hybridized carbons (Fsp3) is 0.600. The van der Waals surface area contributed by atoms with Gasteiger partial charge in [-0.15, -0.1) is 0 Å². The van der Waals surface area contributed by atoms with Crippen LogP contribution in [0.4, 0.5) is 5.69 Å². The maximum absolute atomic E-state index is 3.69. The lowest BCUT2D eigenvalue weighted by atomic mass is 9.75. The molecular weight excluding hydrogens is 354 g/mol. The van der Waals surface area contributed by atoms with Gasteiger partial charge in [-0.25, -0.2) is 0 Å². The van der Waals surface area contributed by atoms with E-state index in [2.05, 4.69) is 70.1 Å². The van der Waals surface area contributed by atoms with Crippen molar-refractivity contribution < 1.29 is 0 Å². The summed E-state index contributed by atoms with van der Waals surface area (Å²) in [5.41, 5.74) is 2.99. The van der Waals surface area contributed by atoms with Gasteiger partial charge < -0.3 is 5.32 Å². The quantitative estimate of drug-likeness (QED) is 0.679. The number of anilines is 1. The molecular formula is C15H21Br2N. The van der Waals surface area contributed by atoms with E-state index >= 15 is 0 Å². The topological polar surface area (TPSA) is 12.0 Å². The number of rotatable bonds is 2. The van der Waals surface area contributed by atoms with Crippen molar-refractivity contribution in [1.82, 2.24) is 0 Å². The molecule has 0 aromatic heterocycles. The summed E-state index contributed by atoms with van der Waals surface area (Å²) >= 11 is 7.31. The van der Waals surface area contributed by atoms with E-state index in [9.17, 15) is 0 Å². The smallest absolute Gasteiger partial charge is 0.0631 e. The molecule has 1 aromatic rings. The lowest BCUT2D eigenvalue weighted by Crippen LogP contribution is -2.30. The molecule has 0 saturated heterocycles. The van der Waals surface area contributed by atoms with Crippen molar-refractivity contribution in [2.75, 3.05) is 5.32 Å². The van der Waals surface area contributed by atoms with Crippen LogP contribution in [0.2, 0.25) is 0 Å². The molecule has 0 spiro atoms. The maximum atomic E-state index is 3.69. The van der Waals surface area contributed by atoms with E-state index in [-0.39, 0.29) is 0 Å². The molecule has 1 nitrogen and oxygen atoms in total. The molecule has 2 rings (SSSR count). The average Bonchev–Trinajstić information content (AvgIpc) is 2.25. The first-order valence-corrected chi connectivity index (χ1v) is 8.18. The highest BCUT2D eigenvalue weighted by Gasteiger charge is 2.27. The molecule has 1 aliphatic carbocycles. The molecule has 1 aliphatic rings. The van der Waals surface area contributed by atoms with Crippen LogP contribution in [0.25, 0.3) is 0 Å². The van der Waals surface area contributed by atoms with Gasteiger partial charge in [0, 0.05) is 15.0 Å². The Bertz CT molecular complexity index is 407. The first-order valence-electron chi connectivity index (χ1n) is 6.59. The van der Waals surface area contributed by atoms with Gasteiger partial charge >= 0.3 is 0 Å². The van der Waals surface area contributed by atoms with Crippen LogP contribution in [0, 0.1) is 12.3 Å². The van der Waals surface area contributed by atoms with Crippen molar-refractivity contribution >= 4 is 37.5 Å². The number of benzene rings is 1. The van der Waals surface area contributed by atoms with Crippen LogP contribution in [0.3, 0.4) is 0 Å².